The fourth-order valence-corrected chi connectivity index (χ4v) is 3.62. The van der Waals surface area contributed by atoms with Gasteiger partial charge < -0.3 is 5.11 Å². The van der Waals surface area contributed by atoms with Gasteiger partial charge in [0.05, 0.1) is 15.6 Å². The van der Waals surface area contributed by atoms with E-state index in [1.54, 1.807) is 12.1 Å². The predicted octanol–water partition coefficient (Wildman–Crippen LogP) is 6.00. The summed E-state index contributed by atoms with van der Waals surface area (Å²) >= 11 is 17.3. The van der Waals surface area contributed by atoms with Crippen LogP contribution in [0.25, 0.3) is 5.57 Å². The Bertz CT molecular complexity index is 732. The molecule has 0 spiro atoms. The summed E-state index contributed by atoms with van der Waals surface area (Å²) in [5.41, 5.74) is 0.241. The van der Waals surface area contributed by atoms with Crippen LogP contribution in [0.1, 0.15) is 5.56 Å². The van der Waals surface area contributed by atoms with Gasteiger partial charge >= 0.3 is 5.97 Å². The Kier molecular flexibility index (Phi) is 5.38. The van der Waals surface area contributed by atoms with E-state index in [0.717, 1.165) is 14.3 Å². The molecular formula is C15H9BrCl2O2S. The Hall–Kier alpha value is -0.940. The first kappa shape index (κ1) is 16.4. The van der Waals surface area contributed by atoms with Crippen LogP contribution < -0.4 is 0 Å². The predicted molar refractivity (Wildman–Crippen MR) is 91.4 cm³/mol. The molecule has 0 aliphatic carbocycles. The van der Waals surface area contributed by atoms with E-state index in [9.17, 15) is 4.79 Å². The number of halogens is 3. The normalized spacial score (nSPS) is 10.4. The van der Waals surface area contributed by atoms with Crippen LogP contribution in [0.15, 0.2) is 57.2 Å². The van der Waals surface area contributed by atoms with E-state index in [4.69, 9.17) is 28.3 Å². The molecule has 0 aliphatic heterocycles. The molecule has 0 amide bonds. The molecular weight excluding hydrogens is 395 g/mol. The van der Waals surface area contributed by atoms with E-state index in [1.165, 1.54) is 11.8 Å². The van der Waals surface area contributed by atoms with Gasteiger partial charge in [-0.25, -0.2) is 4.79 Å². The highest BCUT2D eigenvalue weighted by Gasteiger charge is 2.17. The summed E-state index contributed by atoms with van der Waals surface area (Å²) < 4.78 is 0.946. The molecule has 108 valence electrons. The third kappa shape index (κ3) is 3.64. The summed E-state index contributed by atoms with van der Waals surface area (Å²) in [5, 5.41) is 9.49. The highest BCUT2D eigenvalue weighted by molar-refractivity contribution is 9.10. The van der Waals surface area contributed by atoms with Crippen molar-refractivity contribution < 1.29 is 9.90 Å². The standard InChI is InChI=1S/C15H9BrCl2O2S/c1-8(15(19)20)9-6-7-12(14(18)13(9)17)21-11-5-3-2-4-10(11)16/h2-7H,1H2,(H,19,20). The van der Waals surface area contributed by atoms with Crippen LogP contribution in [0, 0.1) is 0 Å². The van der Waals surface area contributed by atoms with Crippen LogP contribution in [0.3, 0.4) is 0 Å². The van der Waals surface area contributed by atoms with Crippen LogP contribution >= 0.6 is 50.9 Å². The SMILES string of the molecule is C=C(C(=O)O)c1ccc(Sc2ccccc2Br)c(Cl)c1Cl. The van der Waals surface area contributed by atoms with Gasteiger partial charge in [-0.05, 0) is 34.1 Å². The minimum Gasteiger partial charge on any atom is -0.478 e. The number of carboxylic acids is 1. The van der Waals surface area contributed by atoms with Crippen molar-refractivity contribution >= 4 is 62.4 Å². The van der Waals surface area contributed by atoms with Gasteiger partial charge in [0, 0.05) is 19.8 Å². The number of hydrogen-bond donors (Lipinski definition) is 1. The van der Waals surface area contributed by atoms with E-state index in [-0.39, 0.29) is 10.6 Å². The zero-order valence-corrected chi connectivity index (χ0v) is 14.5. The molecule has 0 unspecified atom stereocenters. The number of benzene rings is 2. The highest BCUT2D eigenvalue weighted by Crippen LogP contribution is 2.42. The van der Waals surface area contributed by atoms with Crippen molar-refractivity contribution in [2.45, 2.75) is 9.79 Å². The van der Waals surface area contributed by atoms with E-state index in [0.29, 0.717) is 10.6 Å². The lowest BCUT2D eigenvalue weighted by Crippen LogP contribution is -1.99. The van der Waals surface area contributed by atoms with Crippen LogP contribution in [0.5, 0.6) is 0 Å². The van der Waals surface area contributed by atoms with Crippen LogP contribution in [0.4, 0.5) is 0 Å². The first-order valence-electron chi connectivity index (χ1n) is 5.74. The molecule has 0 aliphatic rings. The van der Waals surface area contributed by atoms with E-state index < -0.39 is 5.97 Å². The average Bonchev–Trinajstić information content (AvgIpc) is 2.45. The Morgan fingerprint density at radius 3 is 2.38 bits per heavy atom. The lowest BCUT2D eigenvalue weighted by atomic mass is 10.1. The zero-order valence-electron chi connectivity index (χ0n) is 10.6. The summed E-state index contributed by atoms with van der Waals surface area (Å²) in [5.74, 6) is -1.13. The fourth-order valence-electron chi connectivity index (χ4n) is 1.60. The van der Waals surface area contributed by atoms with Crippen molar-refractivity contribution in [2.24, 2.45) is 0 Å². The maximum absolute atomic E-state index is 11.0. The molecule has 0 bridgehead atoms. The molecule has 21 heavy (non-hydrogen) atoms. The molecule has 0 radical (unpaired) electrons. The van der Waals surface area contributed by atoms with Crippen molar-refractivity contribution in [1.29, 1.82) is 0 Å². The van der Waals surface area contributed by atoms with Crippen molar-refractivity contribution in [1.82, 2.24) is 0 Å². The molecule has 0 saturated heterocycles. The minimum atomic E-state index is -1.13. The molecule has 0 saturated carbocycles. The molecule has 6 heteroatoms. The zero-order chi connectivity index (χ0) is 15.6. The quantitative estimate of drug-likeness (QED) is 0.635. The number of hydrogen-bond acceptors (Lipinski definition) is 2. The van der Waals surface area contributed by atoms with Gasteiger partial charge in [-0.1, -0.05) is 59.7 Å². The molecule has 0 heterocycles. The van der Waals surface area contributed by atoms with E-state index >= 15 is 0 Å². The lowest BCUT2D eigenvalue weighted by molar-refractivity contribution is -0.130. The molecule has 0 atom stereocenters. The van der Waals surface area contributed by atoms with E-state index in [1.807, 2.05) is 24.3 Å². The molecule has 2 aromatic carbocycles. The summed E-state index contributed by atoms with van der Waals surface area (Å²) in [6.45, 7) is 3.50. The van der Waals surface area contributed by atoms with Gasteiger partial charge in [0.1, 0.15) is 0 Å². The highest BCUT2D eigenvalue weighted by atomic mass is 79.9. The summed E-state index contributed by atoms with van der Waals surface area (Å²) in [4.78, 5) is 12.7. The Balaban J connectivity index is 2.40. The maximum atomic E-state index is 11.0. The number of rotatable bonds is 4. The van der Waals surface area contributed by atoms with Crippen LogP contribution in [0.2, 0.25) is 10.0 Å². The Labute approximate surface area is 144 Å². The molecule has 0 fully saturated rings. The van der Waals surface area contributed by atoms with Crippen molar-refractivity contribution in [3.8, 4) is 0 Å². The second-order valence-electron chi connectivity index (χ2n) is 4.06. The molecule has 1 N–H and O–H groups in total. The summed E-state index contributed by atoms with van der Waals surface area (Å²) in [6.07, 6.45) is 0. The maximum Gasteiger partial charge on any atom is 0.335 e. The topological polar surface area (TPSA) is 37.3 Å². The monoisotopic (exact) mass is 402 g/mol. The smallest absolute Gasteiger partial charge is 0.335 e. The Morgan fingerprint density at radius 1 is 1.10 bits per heavy atom. The molecule has 2 nitrogen and oxygen atoms in total. The number of carbonyl (C=O) groups is 1. The largest absolute Gasteiger partial charge is 0.478 e. The second kappa shape index (κ2) is 6.88. The summed E-state index contributed by atoms with van der Waals surface area (Å²) in [7, 11) is 0. The van der Waals surface area contributed by atoms with Crippen molar-refractivity contribution in [3.05, 3.63) is 63.1 Å². The molecule has 2 rings (SSSR count). The van der Waals surface area contributed by atoms with Gasteiger partial charge in [0.25, 0.3) is 0 Å². The number of carboxylic acid groups (broad SMARTS) is 1. The van der Waals surface area contributed by atoms with Gasteiger partial charge in [-0.15, -0.1) is 0 Å². The minimum absolute atomic E-state index is 0.0839. The van der Waals surface area contributed by atoms with Gasteiger partial charge in [0.2, 0.25) is 0 Å². The third-order valence-corrected chi connectivity index (χ3v) is 5.77. The van der Waals surface area contributed by atoms with E-state index in [2.05, 4.69) is 22.5 Å². The van der Waals surface area contributed by atoms with Gasteiger partial charge in [-0.3, -0.25) is 0 Å². The lowest BCUT2D eigenvalue weighted by Gasteiger charge is -2.11. The second-order valence-corrected chi connectivity index (χ2v) is 6.75. The van der Waals surface area contributed by atoms with Crippen LogP contribution in [-0.4, -0.2) is 11.1 Å². The first-order valence-corrected chi connectivity index (χ1v) is 8.11. The Morgan fingerprint density at radius 2 is 1.76 bits per heavy atom. The summed E-state index contributed by atoms with van der Waals surface area (Å²) in [6, 6.07) is 11.1. The first-order chi connectivity index (χ1) is 9.91. The average molecular weight is 404 g/mol. The van der Waals surface area contributed by atoms with Crippen molar-refractivity contribution in [3.63, 3.8) is 0 Å². The molecule has 2 aromatic rings. The molecule has 0 aromatic heterocycles. The van der Waals surface area contributed by atoms with Crippen molar-refractivity contribution in [2.75, 3.05) is 0 Å². The van der Waals surface area contributed by atoms with Gasteiger partial charge in [0.15, 0.2) is 0 Å². The number of aliphatic carboxylic acids is 1. The fraction of sp³-hybridized carbons (Fsp3) is 0. The third-order valence-electron chi connectivity index (χ3n) is 2.69. The van der Waals surface area contributed by atoms with Gasteiger partial charge in [-0.2, -0.15) is 0 Å². The van der Waals surface area contributed by atoms with Crippen LogP contribution in [-0.2, 0) is 4.79 Å².